The Hall–Kier alpha value is -6.02. The Labute approximate surface area is 350 Å². The monoisotopic (exact) mass is 770 g/mol. The van der Waals surface area contributed by atoms with Crippen LogP contribution in [-0.4, -0.2) is 0 Å². The van der Waals surface area contributed by atoms with Crippen LogP contribution in [0.4, 0.5) is 0 Å². The third-order valence-corrected chi connectivity index (χ3v) is 12.4. The molecule has 0 nitrogen and oxygen atoms in total. The smallest absolute Gasteiger partial charge is 0.0361 e. The SMILES string of the molecule is Cc1ccc2c(c1)-c1ccccc1C2(C)C.Cc1ccc2c(c1)sc1cc(-c3ccc(C)c(-c4ccccc4C)c3)ccc12.Cc1ccccc1.Cc1ccccc1. The molecule has 58 heavy (non-hydrogen) atoms. The topological polar surface area (TPSA) is 0 Å². The summed E-state index contributed by atoms with van der Waals surface area (Å²) in [5, 5.41) is 2.72. The Bertz CT molecular complexity index is 2760. The van der Waals surface area contributed by atoms with E-state index in [1.165, 1.54) is 98.1 Å². The van der Waals surface area contributed by atoms with Crippen LogP contribution in [0.2, 0.25) is 0 Å². The predicted molar refractivity (Wildman–Crippen MR) is 256 cm³/mol. The van der Waals surface area contributed by atoms with Crippen molar-refractivity contribution in [3.63, 3.8) is 0 Å². The Balaban J connectivity index is 0.000000142. The second-order valence-electron chi connectivity index (χ2n) is 16.2. The summed E-state index contributed by atoms with van der Waals surface area (Å²) in [7, 11) is 0. The van der Waals surface area contributed by atoms with Crippen molar-refractivity contribution in [1.29, 1.82) is 0 Å². The highest BCUT2D eigenvalue weighted by atomic mass is 32.1. The first-order valence-corrected chi connectivity index (χ1v) is 21.2. The zero-order valence-electron chi connectivity index (χ0n) is 35.2. The molecule has 0 radical (unpaired) electrons. The first kappa shape index (κ1) is 40.2. The molecular formula is C57H54S. The number of fused-ring (bicyclic) bond motifs is 6. The van der Waals surface area contributed by atoms with E-state index in [1.807, 2.05) is 47.7 Å². The maximum absolute atomic E-state index is 2.35. The van der Waals surface area contributed by atoms with Crippen molar-refractivity contribution in [2.24, 2.45) is 0 Å². The first-order chi connectivity index (χ1) is 28.0. The first-order valence-electron chi connectivity index (χ1n) is 20.3. The minimum absolute atomic E-state index is 0.152. The predicted octanol–water partition coefficient (Wildman–Crippen LogP) is 16.6. The van der Waals surface area contributed by atoms with Crippen LogP contribution in [0.5, 0.6) is 0 Å². The van der Waals surface area contributed by atoms with Gasteiger partial charge in [0.15, 0.2) is 0 Å². The van der Waals surface area contributed by atoms with Gasteiger partial charge in [-0.05, 0) is 121 Å². The summed E-state index contributed by atoms with van der Waals surface area (Å²) in [5.41, 5.74) is 19.0. The molecule has 0 saturated carbocycles. The number of thiophene rings is 1. The minimum Gasteiger partial charge on any atom is -0.135 e. The third-order valence-electron chi connectivity index (χ3n) is 11.3. The molecule has 0 atom stereocenters. The van der Waals surface area contributed by atoms with E-state index in [0.717, 1.165) is 0 Å². The molecule has 0 saturated heterocycles. The van der Waals surface area contributed by atoms with Crippen LogP contribution >= 0.6 is 11.3 Å². The molecule has 0 spiro atoms. The van der Waals surface area contributed by atoms with Gasteiger partial charge in [-0.15, -0.1) is 11.3 Å². The molecule has 0 N–H and O–H groups in total. The molecule has 288 valence electrons. The quantitative estimate of drug-likeness (QED) is 0.164. The molecule has 0 fully saturated rings. The van der Waals surface area contributed by atoms with Crippen LogP contribution in [0.3, 0.4) is 0 Å². The fourth-order valence-corrected chi connectivity index (χ4v) is 9.18. The molecule has 9 aromatic rings. The van der Waals surface area contributed by atoms with Crippen LogP contribution in [0.15, 0.2) is 182 Å². The Morgan fingerprint density at radius 3 is 1.45 bits per heavy atom. The molecule has 1 aliphatic carbocycles. The van der Waals surface area contributed by atoms with Gasteiger partial charge in [0.05, 0.1) is 0 Å². The summed E-state index contributed by atoms with van der Waals surface area (Å²) in [6.45, 7) is 17.5. The zero-order valence-corrected chi connectivity index (χ0v) is 36.0. The van der Waals surface area contributed by atoms with E-state index in [2.05, 4.69) is 201 Å². The van der Waals surface area contributed by atoms with Gasteiger partial charge >= 0.3 is 0 Å². The summed E-state index contributed by atoms with van der Waals surface area (Å²) in [4.78, 5) is 0. The van der Waals surface area contributed by atoms with Crippen LogP contribution in [-0.2, 0) is 5.41 Å². The van der Waals surface area contributed by atoms with E-state index >= 15 is 0 Å². The summed E-state index contributed by atoms with van der Waals surface area (Å²) >= 11 is 1.89. The molecule has 10 rings (SSSR count). The van der Waals surface area contributed by atoms with E-state index < -0.39 is 0 Å². The number of rotatable bonds is 2. The fraction of sp³-hybridized carbons (Fsp3) is 0.158. The number of benzene rings is 8. The second kappa shape index (κ2) is 17.6. The number of aryl methyl sites for hydroxylation is 6. The molecule has 0 aliphatic heterocycles. The van der Waals surface area contributed by atoms with Gasteiger partial charge in [-0.25, -0.2) is 0 Å². The van der Waals surface area contributed by atoms with E-state index in [9.17, 15) is 0 Å². The molecule has 1 aliphatic rings. The van der Waals surface area contributed by atoms with Gasteiger partial charge in [0.1, 0.15) is 0 Å². The molecule has 0 bridgehead atoms. The van der Waals surface area contributed by atoms with E-state index in [1.54, 1.807) is 0 Å². The standard InChI is InChI=1S/C27H22S.C16H16.2C7H8/c1-17-8-12-23-24-13-11-21(16-27(24)28-26(23)14-17)20-10-9-19(3)25(15-20)22-7-5-4-6-18(22)2;1-11-8-9-15-13(10-11)12-6-4-5-7-14(12)16(15,2)3;2*1-7-5-3-2-4-6-7/h4-16H,1-3H3;4-10H,1-3H3;2*2-6H,1H3. The van der Waals surface area contributed by atoms with Gasteiger partial charge in [-0.3, -0.25) is 0 Å². The molecule has 1 heteroatoms. The van der Waals surface area contributed by atoms with E-state index in [0.29, 0.717) is 0 Å². The Morgan fingerprint density at radius 1 is 0.328 bits per heavy atom. The van der Waals surface area contributed by atoms with Gasteiger partial charge in [-0.1, -0.05) is 194 Å². The molecule has 1 heterocycles. The highest BCUT2D eigenvalue weighted by Crippen LogP contribution is 2.48. The van der Waals surface area contributed by atoms with Crippen LogP contribution in [0.25, 0.3) is 53.6 Å². The third kappa shape index (κ3) is 8.91. The molecular weight excluding hydrogens is 717 g/mol. The summed E-state index contributed by atoms with van der Waals surface area (Å²) in [6.07, 6.45) is 0. The van der Waals surface area contributed by atoms with Crippen LogP contribution < -0.4 is 0 Å². The van der Waals surface area contributed by atoms with E-state index in [4.69, 9.17) is 0 Å². The summed E-state index contributed by atoms with van der Waals surface area (Å²) in [5.74, 6) is 0. The van der Waals surface area contributed by atoms with Crippen molar-refractivity contribution < 1.29 is 0 Å². The van der Waals surface area contributed by atoms with Crippen molar-refractivity contribution in [3.8, 4) is 33.4 Å². The lowest BCUT2D eigenvalue weighted by Gasteiger charge is -2.21. The molecule has 8 aromatic carbocycles. The average Bonchev–Trinajstić information content (AvgIpc) is 3.70. The highest BCUT2D eigenvalue weighted by Gasteiger charge is 2.34. The number of hydrogen-bond acceptors (Lipinski definition) is 1. The lowest BCUT2D eigenvalue weighted by atomic mass is 9.82. The maximum atomic E-state index is 2.35. The maximum Gasteiger partial charge on any atom is 0.0361 e. The lowest BCUT2D eigenvalue weighted by Crippen LogP contribution is -2.14. The minimum atomic E-state index is 0.152. The van der Waals surface area contributed by atoms with Crippen LogP contribution in [0, 0.1) is 41.5 Å². The largest absolute Gasteiger partial charge is 0.135 e. The summed E-state index contributed by atoms with van der Waals surface area (Å²) in [6, 6.07) is 65.2. The molecule has 0 amide bonds. The van der Waals surface area contributed by atoms with Gasteiger partial charge in [-0.2, -0.15) is 0 Å². The van der Waals surface area contributed by atoms with Crippen molar-refractivity contribution in [2.75, 3.05) is 0 Å². The molecule has 1 aromatic heterocycles. The van der Waals surface area contributed by atoms with Crippen molar-refractivity contribution in [3.05, 3.63) is 226 Å². The fourth-order valence-electron chi connectivity index (χ4n) is 7.93. The van der Waals surface area contributed by atoms with Gasteiger partial charge in [0.2, 0.25) is 0 Å². The Morgan fingerprint density at radius 2 is 0.810 bits per heavy atom. The van der Waals surface area contributed by atoms with Gasteiger partial charge in [0, 0.05) is 25.6 Å². The normalized spacial score (nSPS) is 11.9. The zero-order chi connectivity index (χ0) is 40.8. The Kier molecular flexibility index (Phi) is 12.2. The lowest BCUT2D eigenvalue weighted by molar-refractivity contribution is 0.660. The van der Waals surface area contributed by atoms with Crippen molar-refractivity contribution in [2.45, 2.75) is 60.8 Å². The van der Waals surface area contributed by atoms with Gasteiger partial charge < -0.3 is 0 Å². The van der Waals surface area contributed by atoms with Crippen molar-refractivity contribution >= 4 is 31.5 Å². The van der Waals surface area contributed by atoms with Crippen molar-refractivity contribution in [1.82, 2.24) is 0 Å². The van der Waals surface area contributed by atoms with Crippen LogP contribution in [0.1, 0.15) is 58.4 Å². The summed E-state index contributed by atoms with van der Waals surface area (Å²) < 4.78 is 2.73. The van der Waals surface area contributed by atoms with Gasteiger partial charge in [0.25, 0.3) is 0 Å². The van der Waals surface area contributed by atoms with E-state index in [-0.39, 0.29) is 5.41 Å². The number of hydrogen-bond donors (Lipinski definition) is 0. The average molecular weight is 771 g/mol. The second-order valence-corrected chi connectivity index (χ2v) is 17.3. The highest BCUT2D eigenvalue weighted by molar-refractivity contribution is 7.25. The molecule has 0 unspecified atom stereocenters.